The maximum absolute atomic E-state index is 13.1. The van der Waals surface area contributed by atoms with Crippen LogP contribution in [0.1, 0.15) is 11.1 Å². The molecule has 1 aliphatic heterocycles. The lowest BCUT2D eigenvalue weighted by Crippen LogP contribution is -2.36. The molecule has 1 unspecified atom stereocenters. The van der Waals surface area contributed by atoms with Crippen LogP contribution < -0.4 is 4.31 Å². The number of aliphatic hydroxyl groups excluding tert-OH is 1. The minimum Gasteiger partial charge on any atom is -0.389 e. The highest BCUT2D eigenvalue weighted by Gasteiger charge is 2.36. The van der Waals surface area contributed by atoms with Crippen molar-refractivity contribution in [3.63, 3.8) is 0 Å². The molecule has 0 saturated carbocycles. The van der Waals surface area contributed by atoms with E-state index >= 15 is 0 Å². The highest BCUT2D eigenvalue weighted by Crippen LogP contribution is 2.42. The van der Waals surface area contributed by atoms with Gasteiger partial charge in [0.05, 0.1) is 47.1 Å². The van der Waals surface area contributed by atoms with Gasteiger partial charge in [-0.1, -0.05) is 24.3 Å². The van der Waals surface area contributed by atoms with Crippen LogP contribution in [0.4, 0.5) is 5.69 Å². The molecule has 148 valence electrons. The van der Waals surface area contributed by atoms with Crippen LogP contribution in [0.5, 0.6) is 0 Å². The van der Waals surface area contributed by atoms with Gasteiger partial charge in [0.25, 0.3) is 10.0 Å². The van der Waals surface area contributed by atoms with E-state index < -0.39 is 16.1 Å². The van der Waals surface area contributed by atoms with Crippen LogP contribution in [-0.2, 0) is 16.6 Å². The molecule has 29 heavy (non-hydrogen) atoms. The van der Waals surface area contributed by atoms with Crippen molar-refractivity contribution in [3.8, 4) is 0 Å². The first-order valence-corrected chi connectivity index (χ1v) is 10.9. The maximum Gasteiger partial charge on any atom is 0.265 e. The predicted octanol–water partition coefficient (Wildman–Crippen LogP) is 3.38. The molecule has 0 saturated heterocycles. The Kier molecular flexibility index (Phi) is 3.94. The summed E-state index contributed by atoms with van der Waals surface area (Å²) in [7, 11) is -3.68. The average molecular weight is 407 g/mol. The van der Waals surface area contributed by atoms with Gasteiger partial charge in [0.2, 0.25) is 0 Å². The van der Waals surface area contributed by atoms with Crippen LogP contribution in [0, 0.1) is 13.8 Å². The van der Waals surface area contributed by atoms with Gasteiger partial charge in [-0.15, -0.1) is 0 Å². The van der Waals surface area contributed by atoms with E-state index in [4.69, 9.17) is 0 Å². The summed E-state index contributed by atoms with van der Waals surface area (Å²) in [5, 5.41) is 12.4. The summed E-state index contributed by atoms with van der Waals surface area (Å²) in [5.41, 5.74) is 4.74. The first-order valence-electron chi connectivity index (χ1n) is 9.51. The van der Waals surface area contributed by atoms with Gasteiger partial charge in [-0.2, -0.15) is 0 Å². The van der Waals surface area contributed by atoms with Crippen molar-refractivity contribution in [1.82, 2.24) is 9.55 Å². The zero-order valence-corrected chi connectivity index (χ0v) is 17.0. The van der Waals surface area contributed by atoms with E-state index in [2.05, 4.69) is 4.98 Å². The molecule has 0 spiro atoms. The van der Waals surface area contributed by atoms with Gasteiger partial charge in [-0.25, -0.2) is 13.4 Å². The number of aromatic nitrogens is 2. The molecule has 1 atom stereocenters. The fourth-order valence-corrected chi connectivity index (χ4v) is 5.84. The van der Waals surface area contributed by atoms with Crippen molar-refractivity contribution in [2.45, 2.75) is 31.4 Å². The molecule has 2 heterocycles. The maximum atomic E-state index is 13.1. The average Bonchev–Trinajstić information content (AvgIpc) is 3.15. The number of nitrogens with zero attached hydrogens (tertiary/aromatic N) is 3. The van der Waals surface area contributed by atoms with Crippen LogP contribution >= 0.6 is 0 Å². The van der Waals surface area contributed by atoms with E-state index in [1.807, 2.05) is 48.7 Å². The lowest BCUT2D eigenvalue weighted by Gasteiger charge is -2.22. The van der Waals surface area contributed by atoms with Gasteiger partial charge in [-0.3, -0.25) is 4.31 Å². The number of β-amino-alcohol motifs (C(OH)–C–C–N with tert-alkyl or cyclic N) is 1. The smallest absolute Gasteiger partial charge is 0.265 e. The second-order valence-corrected chi connectivity index (χ2v) is 9.47. The molecule has 1 aromatic heterocycles. The Balaban J connectivity index is 1.47. The molecule has 1 aliphatic rings. The van der Waals surface area contributed by atoms with Gasteiger partial charge in [0.1, 0.15) is 0 Å². The Morgan fingerprint density at radius 2 is 1.76 bits per heavy atom. The molecule has 0 bridgehead atoms. The quantitative estimate of drug-likeness (QED) is 0.563. The monoisotopic (exact) mass is 407 g/mol. The third kappa shape index (κ3) is 2.73. The van der Waals surface area contributed by atoms with Gasteiger partial charge >= 0.3 is 0 Å². The van der Waals surface area contributed by atoms with Crippen molar-refractivity contribution in [1.29, 1.82) is 0 Å². The lowest BCUT2D eigenvalue weighted by atomic mass is 10.1. The molecule has 0 aliphatic carbocycles. The fourth-order valence-electron chi connectivity index (χ4n) is 4.09. The summed E-state index contributed by atoms with van der Waals surface area (Å²) in [6.07, 6.45) is 0.814. The van der Waals surface area contributed by atoms with Gasteiger partial charge in [0, 0.05) is 5.39 Å². The van der Waals surface area contributed by atoms with Crippen LogP contribution in [0.3, 0.4) is 0 Å². The van der Waals surface area contributed by atoms with Crippen LogP contribution in [0.25, 0.3) is 21.8 Å². The number of sulfonamides is 1. The first-order chi connectivity index (χ1) is 13.9. The summed E-state index contributed by atoms with van der Waals surface area (Å²) in [5.74, 6) is 0. The molecular formula is C22H21N3O3S. The fraction of sp³-hybridized carbons (Fsp3) is 0.227. The number of benzene rings is 3. The second kappa shape index (κ2) is 6.30. The van der Waals surface area contributed by atoms with Gasteiger partial charge < -0.3 is 9.67 Å². The van der Waals surface area contributed by atoms with E-state index in [0.717, 1.165) is 32.9 Å². The third-order valence-corrected chi connectivity index (χ3v) is 7.52. The predicted molar refractivity (Wildman–Crippen MR) is 114 cm³/mol. The van der Waals surface area contributed by atoms with Crippen LogP contribution in [-0.4, -0.2) is 35.7 Å². The Morgan fingerprint density at radius 3 is 2.55 bits per heavy atom. The highest BCUT2D eigenvalue weighted by molar-refractivity contribution is 7.93. The van der Waals surface area contributed by atoms with Crippen molar-refractivity contribution in [3.05, 3.63) is 66.0 Å². The van der Waals surface area contributed by atoms with E-state index in [1.165, 1.54) is 4.31 Å². The summed E-state index contributed by atoms with van der Waals surface area (Å²) in [6, 6.07) is 14.9. The molecule has 7 heteroatoms. The summed E-state index contributed by atoms with van der Waals surface area (Å²) < 4.78 is 29.4. The normalized spacial score (nSPS) is 16.0. The molecule has 6 nitrogen and oxygen atoms in total. The third-order valence-electron chi connectivity index (χ3n) is 5.70. The molecule has 5 rings (SSSR count). The number of aryl methyl sites for hydroxylation is 2. The van der Waals surface area contributed by atoms with E-state index in [-0.39, 0.29) is 13.1 Å². The molecular weight excluding hydrogens is 386 g/mol. The Morgan fingerprint density at radius 1 is 1.03 bits per heavy atom. The Labute approximate surface area is 169 Å². The molecule has 0 amide bonds. The number of imidazole rings is 1. The van der Waals surface area contributed by atoms with Crippen molar-refractivity contribution >= 4 is 37.5 Å². The topological polar surface area (TPSA) is 75.4 Å². The standard InChI is InChI=1S/C22H21N3O3S/c1-14-9-18-20(10-15(14)2)24(13-23-18)11-17(26)12-25-19-7-3-5-16-6-4-8-21(22(16)19)29(25,27)28/h3-10,13,17,26H,11-12H2,1-2H3. The summed E-state index contributed by atoms with van der Waals surface area (Å²) in [6.45, 7) is 4.33. The lowest BCUT2D eigenvalue weighted by molar-refractivity contribution is 0.164. The molecule has 0 fully saturated rings. The molecule has 0 radical (unpaired) electrons. The number of rotatable bonds is 4. The number of anilines is 1. The number of fused-ring (bicyclic) bond motifs is 1. The van der Waals surface area contributed by atoms with E-state index in [9.17, 15) is 13.5 Å². The SMILES string of the molecule is Cc1cc2ncn(CC(O)CN3c4cccc5cccc(c45)S3(=O)=O)c2cc1C. The van der Waals surface area contributed by atoms with Gasteiger partial charge in [0.15, 0.2) is 0 Å². The van der Waals surface area contributed by atoms with Crippen molar-refractivity contribution < 1.29 is 13.5 Å². The summed E-state index contributed by atoms with van der Waals surface area (Å²) >= 11 is 0. The van der Waals surface area contributed by atoms with Crippen molar-refractivity contribution in [2.75, 3.05) is 10.8 Å². The summed E-state index contributed by atoms with van der Waals surface area (Å²) in [4.78, 5) is 4.72. The molecule has 1 N–H and O–H groups in total. The first kappa shape index (κ1) is 18.1. The van der Waals surface area contributed by atoms with Crippen molar-refractivity contribution in [2.24, 2.45) is 0 Å². The number of hydrogen-bond donors (Lipinski definition) is 1. The second-order valence-electron chi connectivity index (χ2n) is 7.64. The molecule has 3 aromatic carbocycles. The minimum atomic E-state index is -3.68. The number of aliphatic hydroxyl groups is 1. The molecule has 4 aromatic rings. The Bertz CT molecular complexity index is 1370. The van der Waals surface area contributed by atoms with Gasteiger partial charge in [-0.05, 0) is 54.6 Å². The zero-order chi connectivity index (χ0) is 20.3. The Hall–Kier alpha value is -2.90. The van der Waals surface area contributed by atoms with Crippen LogP contribution in [0.2, 0.25) is 0 Å². The largest absolute Gasteiger partial charge is 0.389 e. The minimum absolute atomic E-state index is 0.0133. The number of hydrogen-bond acceptors (Lipinski definition) is 4. The van der Waals surface area contributed by atoms with E-state index in [1.54, 1.807) is 24.5 Å². The highest BCUT2D eigenvalue weighted by atomic mass is 32.2. The van der Waals surface area contributed by atoms with E-state index in [0.29, 0.717) is 10.6 Å². The zero-order valence-electron chi connectivity index (χ0n) is 16.2. The van der Waals surface area contributed by atoms with Crippen LogP contribution in [0.15, 0.2) is 59.8 Å².